The van der Waals surface area contributed by atoms with Crippen molar-refractivity contribution in [3.63, 3.8) is 0 Å². The van der Waals surface area contributed by atoms with Crippen LogP contribution in [0.25, 0.3) is 0 Å². The molecule has 0 bridgehead atoms. The van der Waals surface area contributed by atoms with Gasteiger partial charge in [0, 0.05) is 23.8 Å². The van der Waals surface area contributed by atoms with Crippen LogP contribution in [0.15, 0.2) is 36.4 Å². The van der Waals surface area contributed by atoms with Gasteiger partial charge in [0.25, 0.3) is 11.8 Å². The van der Waals surface area contributed by atoms with E-state index in [0.717, 1.165) is 12.0 Å². The van der Waals surface area contributed by atoms with Crippen molar-refractivity contribution in [3.05, 3.63) is 47.5 Å². The van der Waals surface area contributed by atoms with Gasteiger partial charge in [0.15, 0.2) is 6.10 Å². The molecule has 7 nitrogen and oxygen atoms in total. The number of carbonyl (C=O) groups excluding carboxylic acids is 2. The molecule has 1 heterocycles. The first-order valence-electron chi connectivity index (χ1n) is 10.6. The highest BCUT2D eigenvalue weighted by molar-refractivity contribution is 6.08. The van der Waals surface area contributed by atoms with E-state index in [1.165, 1.54) is 14.2 Å². The second kappa shape index (κ2) is 9.73. The van der Waals surface area contributed by atoms with Gasteiger partial charge in [0.2, 0.25) is 0 Å². The SMILES string of the molecule is CC[C@@H](C)N1Cc2cc(NC(=O)c3c(OC)cccc3OC)ccc2O[C@H](CC)C1=O. The van der Waals surface area contributed by atoms with Gasteiger partial charge in [-0.15, -0.1) is 0 Å². The average Bonchev–Trinajstić information content (AvgIpc) is 2.93. The number of fused-ring (bicyclic) bond motifs is 1. The first-order valence-corrected chi connectivity index (χ1v) is 10.6. The normalized spacial score (nSPS) is 16.6. The Bertz CT molecular complexity index is 937. The van der Waals surface area contributed by atoms with Crippen LogP contribution in [0.4, 0.5) is 5.69 Å². The molecular weight excluding hydrogens is 396 g/mol. The number of hydrogen-bond acceptors (Lipinski definition) is 5. The lowest BCUT2D eigenvalue weighted by molar-refractivity contribution is -0.140. The summed E-state index contributed by atoms with van der Waals surface area (Å²) in [7, 11) is 3.02. The first-order chi connectivity index (χ1) is 14.9. The summed E-state index contributed by atoms with van der Waals surface area (Å²) in [5, 5.41) is 2.91. The van der Waals surface area contributed by atoms with Gasteiger partial charge in [0.1, 0.15) is 22.8 Å². The van der Waals surface area contributed by atoms with Crippen molar-refractivity contribution in [2.24, 2.45) is 0 Å². The van der Waals surface area contributed by atoms with Crippen LogP contribution in [0.1, 0.15) is 49.5 Å². The summed E-state index contributed by atoms with van der Waals surface area (Å²) in [6.07, 6.45) is 0.937. The average molecular weight is 427 g/mol. The number of nitrogens with one attached hydrogen (secondary N) is 1. The quantitative estimate of drug-likeness (QED) is 0.716. The minimum absolute atomic E-state index is 0.00241. The maximum Gasteiger partial charge on any atom is 0.264 e. The molecule has 2 aromatic rings. The molecule has 2 atom stereocenters. The molecule has 31 heavy (non-hydrogen) atoms. The summed E-state index contributed by atoms with van der Waals surface area (Å²) < 4.78 is 16.7. The van der Waals surface area contributed by atoms with Crippen LogP contribution < -0.4 is 19.5 Å². The molecule has 0 fully saturated rings. The molecule has 0 saturated heterocycles. The molecule has 0 radical (unpaired) electrons. The second-order valence-electron chi connectivity index (χ2n) is 7.55. The van der Waals surface area contributed by atoms with Crippen LogP contribution in [0.3, 0.4) is 0 Å². The van der Waals surface area contributed by atoms with E-state index in [-0.39, 0.29) is 17.9 Å². The molecule has 0 unspecified atom stereocenters. The molecule has 0 aromatic heterocycles. The zero-order chi connectivity index (χ0) is 22.5. The van der Waals surface area contributed by atoms with Crippen molar-refractivity contribution in [2.75, 3.05) is 19.5 Å². The molecule has 1 aliphatic heterocycles. The number of nitrogens with zero attached hydrogens (tertiary/aromatic N) is 1. The number of rotatable bonds is 7. The Morgan fingerprint density at radius 3 is 2.45 bits per heavy atom. The minimum atomic E-state index is -0.506. The highest BCUT2D eigenvalue weighted by atomic mass is 16.5. The van der Waals surface area contributed by atoms with Crippen LogP contribution in [0.2, 0.25) is 0 Å². The lowest BCUT2D eigenvalue weighted by Gasteiger charge is -2.28. The lowest BCUT2D eigenvalue weighted by Crippen LogP contribution is -2.43. The number of amides is 2. The van der Waals surface area contributed by atoms with Crippen molar-refractivity contribution in [3.8, 4) is 17.2 Å². The van der Waals surface area contributed by atoms with Gasteiger partial charge in [-0.2, -0.15) is 0 Å². The molecular formula is C24H30N2O5. The third kappa shape index (κ3) is 4.60. The van der Waals surface area contributed by atoms with E-state index >= 15 is 0 Å². The molecule has 166 valence electrons. The molecule has 3 rings (SSSR count). The number of benzene rings is 2. The van der Waals surface area contributed by atoms with Crippen LogP contribution in [-0.2, 0) is 11.3 Å². The van der Waals surface area contributed by atoms with Gasteiger partial charge in [-0.05, 0) is 50.1 Å². The largest absolute Gasteiger partial charge is 0.496 e. The Morgan fingerprint density at radius 2 is 1.87 bits per heavy atom. The maximum absolute atomic E-state index is 13.0. The van der Waals surface area contributed by atoms with Gasteiger partial charge >= 0.3 is 0 Å². The zero-order valence-electron chi connectivity index (χ0n) is 18.7. The molecule has 2 amide bonds. The van der Waals surface area contributed by atoms with Gasteiger partial charge < -0.3 is 24.4 Å². The van der Waals surface area contributed by atoms with E-state index in [2.05, 4.69) is 12.2 Å². The Balaban J connectivity index is 1.92. The van der Waals surface area contributed by atoms with Crippen LogP contribution in [-0.4, -0.2) is 43.1 Å². The molecule has 0 saturated carbocycles. The third-order valence-electron chi connectivity index (χ3n) is 5.64. The van der Waals surface area contributed by atoms with Crippen LogP contribution in [0, 0.1) is 0 Å². The number of methoxy groups -OCH3 is 2. The Hall–Kier alpha value is -3.22. The van der Waals surface area contributed by atoms with E-state index in [1.54, 1.807) is 30.3 Å². The van der Waals surface area contributed by atoms with E-state index in [9.17, 15) is 9.59 Å². The van der Waals surface area contributed by atoms with Crippen LogP contribution >= 0.6 is 0 Å². The molecule has 0 spiro atoms. The Morgan fingerprint density at radius 1 is 1.19 bits per heavy atom. The summed E-state index contributed by atoms with van der Waals surface area (Å²) in [5.41, 5.74) is 1.78. The highest BCUT2D eigenvalue weighted by Gasteiger charge is 2.32. The predicted molar refractivity (Wildman–Crippen MR) is 119 cm³/mol. The second-order valence-corrected chi connectivity index (χ2v) is 7.55. The van der Waals surface area contributed by atoms with Gasteiger partial charge in [-0.25, -0.2) is 0 Å². The van der Waals surface area contributed by atoms with E-state index in [0.29, 0.717) is 41.5 Å². The fraction of sp³-hybridized carbons (Fsp3) is 0.417. The highest BCUT2D eigenvalue weighted by Crippen LogP contribution is 2.32. The first kappa shape index (κ1) is 22.5. The van der Waals surface area contributed by atoms with Gasteiger partial charge in [0.05, 0.1) is 14.2 Å². The smallest absolute Gasteiger partial charge is 0.264 e. The van der Waals surface area contributed by atoms with E-state index in [1.807, 2.05) is 24.8 Å². The summed E-state index contributed by atoms with van der Waals surface area (Å²) in [5.74, 6) is 1.17. The summed E-state index contributed by atoms with van der Waals surface area (Å²) >= 11 is 0. The van der Waals surface area contributed by atoms with Crippen molar-refractivity contribution in [2.45, 2.75) is 52.3 Å². The third-order valence-corrected chi connectivity index (χ3v) is 5.64. The van der Waals surface area contributed by atoms with Crippen molar-refractivity contribution < 1.29 is 23.8 Å². The molecule has 0 aliphatic carbocycles. The fourth-order valence-electron chi connectivity index (χ4n) is 3.67. The minimum Gasteiger partial charge on any atom is -0.496 e. The Kier molecular flexibility index (Phi) is 7.05. The number of anilines is 1. The fourth-order valence-corrected chi connectivity index (χ4v) is 3.67. The number of ether oxygens (including phenoxy) is 3. The van der Waals surface area contributed by atoms with Crippen molar-refractivity contribution >= 4 is 17.5 Å². The summed E-state index contributed by atoms with van der Waals surface area (Å²) in [6.45, 7) is 6.47. The topological polar surface area (TPSA) is 77.1 Å². The van der Waals surface area contributed by atoms with Crippen LogP contribution in [0.5, 0.6) is 17.2 Å². The number of carbonyl (C=O) groups is 2. The predicted octanol–water partition coefficient (Wildman–Crippen LogP) is 4.25. The van der Waals surface area contributed by atoms with Gasteiger partial charge in [-0.3, -0.25) is 9.59 Å². The summed E-state index contributed by atoms with van der Waals surface area (Å²) in [4.78, 5) is 27.8. The molecule has 1 N–H and O–H groups in total. The lowest BCUT2D eigenvalue weighted by atomic mass is 10.1. The zero-order valence-corrected chi connectivity index (χ0v) is 18.7. The standard InChI is InChI=1S/C24H30N2O5/c1-6-15(3)26-14-16-13-17(11-12-19(16)31-18(7-2)24(26)28)25-23(27)22-20(29-4)9-8-10-21(22)30-5/h8-13,15,18H,6-7,14H2,1-5H3,(H,25,27)/t15-,18-/m1/s1. The number of hydrogen-bond donors (Lipinski definition) is 1. The molecule has 2 aromatic carbocycles. The van der Waals surface area contributed by atoms with E-state index < -0.39 is 6.10 Å². The monoisotopic (exact) mass is 426 g/mol. The summed E-state index contributed by atoms with van der Waals surface area (Å²) in [6, 6.07) is 10.7. The molecule has 1 aliphatic rings. The van der Waals surface area contributed by atoms with E-state index in [4.69, 9.17) is 14.2 Å². The Labute approximate surface area is 183 Å². The molecule has 7 heteroatoms. The van der Waals surface area contributed by atoms with Crippen molar-refractivity contribution in [1.82, 2.24) is 4.90 Å². The maximum atomic E-state index is 13.0. The van der Waals surface area contributed by atoms with Crippen molar-refractivity contribution in [1.29, 1.82) is 0 Å². The van der Waals surface area contributed by atoms with Gasteiger partial charge in [-0.1, -0.05) is 19.9 Å².